The van der Waals surface area contributed by atoms with E-state index in [1.54, 1.807) is 6.20 Å². The summed E-state index contributed by atoms with van der Waals surface area (Å²) in [6.45, 7) is 4.66. The molecule has 0 spiro atoms. The molecule has 0 N–H and O–H groups in total. The van der Waals surface area contributed by atoms with Crippen molar-refractivity contribution >= 4 is 5.91 Å². The predicted molar refractivity (Wildman–Crippen MR) is 110 cm³/mol. The molecule has 0 fully saturated rings. The van der Waals surface area contributed by atoms with E-state index in [1.165, 1.54) is 0 Å². The largest absolute Gasteiger partial charge is 0.486 e. The minimum atomic E-state index is -0.00166. The molecule has 5 nitrogen and oxygen atoms in total. The number of carbonyl (C=O) groups is 1. The van der Waals surface area contributed by atoms with Crippen LogP contribution in [0.15, 0.2) is 67.0 Å². The SMILES string of the molecule is CC(C)[C@@H](c1ccccc1)N(C)C(=O)c1ccc(OCc2nccn2C)cc1. The normalized spacial score (nSPS) is 12.0. The number of hydrogen-bond donors (Lipinski definition) is 0. The molecule has 3 rings (SSSR count). The molecular weight excluding hydrogens is 350 g/mol. The molecule has 0 aliphatic carbocycles. The average molecular weight is 377 g/mol. The lowest BCUT2D eigenvalue weighted by Crippen LogP contribution is -2.34. The fourth-order valence-electron chi connectivity index (χ4n) is 3.41. The summed E-state index contributed by atoms with van der Waals surface area (Å²) in [6.07, 6.45) is 3.63. The molecule has 2 aromatic carbocycles. The van der Waals surface area contributed by atoms with E-state index < -0.39 is 0 Å². The van der Waals surface area contributed by atoms with E-state index in [0.717, 1.165) is 11.4 Å². The smallest absolute Gasteiger partial charge is 0.254 e. The zero-order valence-corrected chi connectivity index (χ0v) is 16.9. The molecule has 1 atom stereocenters. The van der Waals surface area contributed by atoms with Crippen molar-refractivity contribution in [1.82, 2.24) is 14.5 Å². The number of rotatable bonds is 7. The minimum Gasteiger partial charge on any atom is -0.486 e. The van der Waals surface area contributed by atoms with Crippen LogP contribution in [0.2, 0.25) is 0 Å². The maximum atomic E-state index is 13.0. The highest BCUT2D eigenvalue weighted by Crippen LogP contribution is 2.29. The zero-order chi connectivity index (χ0) is 20.1. The first-order chi connectivity index (χ1) is 13.5. The van der Waals surface area contributed by atoms with Crippen molar-refractivity contribution < 1.29 is 9.53 Å². The summed E-state index contributed by atoms with van der Waals surface area (Å²) in [6, 6.07) is 17.5. The van der Waals surface area contributed by atoms with Gasteiger partial charge in [0.15, 0.2) is 0 Å². The summed E-state index contributed by atoms with van der Waals surface area (Å²) in [5.41, 5.74) is 1.79. The van der Waals surface area contributed by atoms with Gasteiger partial charge >= 0.3 is 0 Å². The quantitative estimate of drug-likeness (QED) is 0.610. The number of nitrogens with zero attached hydrogens (tertiary/aromatic N) is 3. The molecule has 0 radical (unpaired) electrons. The number of amides is 1. The van der Waals surface area contributed by atoms with Gasteiger partial charge < -0.3 is 14.2 Å². The van der Waals surface area contributed by atoms with Gasteiger partial charge in [-0.3, -0.25) is 4.79 Å². The molecule has 0 aliphatic heterocycles. The van der Waals surface area contributed by atoms with Gasteiger partial charge in [0.2, 0.25) is 0 Å². The second-order valence-corrected chi connectivity index (χ2v) is 7.28. The van der Waals surface area contributed by atoms with Crippen LogP contribution in [0.25, 0.3) is 0 Å². The Morgan fingerprint density at radius 1 is 1.11 bits per heavy atom. The zero-order valence-electron chi connectivity index (χ0n) is 16.9. The Bertz CT molecular complexity index is 901. The monoisotopic (exact) mass is 377 g/mol. The second kappa shape index (κ2) is 8.74. The van der Waals surface area contributed by atoms with Crippen LogP contribution in [0.5, 0.6) is 5.75 Å². The highest BCUT2D eigenvalue weighted by molar-refractivity contribution is 5.94. The molecule has 0 unspecified atom stereocenters. The van der Waals surface area contributed by atoms with E-state index in [4.69, 9.17) is 4.74 Å². The van der Waals surface area contributed by atoms with Crippen LogP contribution in [0.3, 0.4) is 0 Å². The lowest BCUT2D eigenvalue weighted by Gasteiger charge is -2.32. The van der Waals surface area contributed by atoms with Crippen LogP contribution in [-0.4, -0.2) is 27.4 Å². The van der Waals surface area contributed by atoms with Crippen molar-refractivity contribution in [3.05, 3.63) is 83.9 Å². The number of benzene rings is 2. The highest BCUT2D eigenvalue weighted by atomic mass is 16.5. The Morgan fingerprint density at radius 3 is 2.36 bits per heavy atom. The van der Waals surface area contributed by atoms with Gasteiger partial charge in [0.25, 0.3) is 5.91 Å². The number of ether oxygens (including phenoxy) is 1. The average Bonchev–Trinajstić information content (AvgIpc) is 3.11. The molecular formula is C23H27N3O2. The molecule has 1 amide bonds. The van der Waals surface area contributed by atoms with E-state index in [-0.39, 0.29) is 11.9 Å². The third-order valence-corrected chi connectivity index (χ3v) is 4.90. The molecule has 28 heavy (non-hydrogen) atoms. The van der Waals surface area contributed by atoms with E-state index >= 15 is 0 Å². The van der Waals surface area contributed by atoms with Crippen LogP contribution in [0, 0.1) is 5.92 Å². The van der Waals surface area contributed by atoms with Gasteiger partial charge in [-0.2, -0.15) is 0 Å². The topological polar surface area (TPSA) is 47.4 Å². The third kappa shape index (κ3) is 4.42. The van der Waals surface area contributed by atoms with Gasteiger partial charge in [0, 0.05) is 32.1 Å². The number of hydrogen-bond acceptors (Lipinski definition) is 3. The molecule has 5 heteroatoms. The fraction of sp³-hybridized carbons (Fsp3) is 0.304. The van der Waals surface area contributed by atoms with Crippen molar-refractivity contribution in [2.75, 3.05) is 7.05 Å². The summed E-state index contributed by atoms with van der Waals surface area (Å²) >= 11 is 0. The number of imidazole rings is 1. The first-order valence-corrected chi connectivity index (χ1v) is 9.48. The first-order valence-electron chi connectivity index (χ1n) is 9.48. The number of carbonyl (C=O) groups excluding carboxylic acids is 1. The van der Waals surface area contributed by atoms with E-state index in [9.17, 15) is 4.79 Å². The van der Waals surface area contributed by atoms with Crippen LogP contribution in [-0.2, 0) is 13.7 Å². The summed E-state index contributed by atoms with van der Waals surface area (Å²) in [5.74, 6) is 1.86. The Hall–Kier alpha value is -3.08. The van der Waals surface area contributed by atoms with Gasteiger partial charge in [-0.1, -0.05) is 44.2 Å². The molecule has 0 saturated heterocycles. The summed E-state index contributed by atoms with van der Waals surface area (Å²) in [5, 5.41) is 0. The van der Waals surface area contributed by atoms with Gasteiger partial charge in [0.1, 0.15) is 18.2 Å². The van der Waals surface area contributed by atoms with Crippen LogP contribution in [0.4, 0.5) is 0 Å². The Balaban J connectivity index is 1.70. The van der Waals surface area contributed by atoms with Crippen LogP contribution in [0.1, 0.15) is 41.6 Å². The van der Waals surface area contributed by atoms with Crippen LogP contribution < -0.4 is 4.74 Å². The number of aromatic nitrogens is 2. The fourth-order valence-corrected chi connectivity index (χ4v) is 3.41. The molecule has 3 aromatic rings. The summed E-state index contributed by atoms with van der Waals surface area (Å²) in [4.78, 5) is 19.1. The summed E-state index contributed by atoms with van der Waals surface area (Å²) < 4.78 is 7.69. The number of aryl methyl sites for hydroxylation is 1. The molecule has 146 valence electrons. The Morgan fingerprint density at radius 2 is 1.79 bits per heavy atom. The van der Waals surface area contributed by atoms with Gasteiger partial charge in [-0.25, -0.2) is 4.98 Å². The molecule has 1 aromatic heterocycles. The highest BCUT2D eigenvalue weighted by Gasteiger charge is 2.25. The minimum absolute atomic E-state index is 0.00166. The molecule has 1 heterocycles. The summed E-state index contributed by atoms with van der Waals surface area (Å²) in [7, 11) is 3.80. The maximum absolute atomic E-state index is 13.0. The second-order valence-electron chi connectivity index (χ2n) is 7.28. The lowest BCUT2D eigenvalue weighted by atomic mass is 9.94. The van der Waals surface area contributed by atoms with Gasteiger partial charge in [-0.05, 0) is 35.7 Å². The van der Waals surface area contributed by atoms with Crippen molar-refractivity contribution in [2.45, 2.75) is 26.5 Å². The first kappa shape index (κ1) is 19.7. The molecule has 0 saturated carbocycles. The molecule has 0 aliphatic rings. The van der Waals surface area contributed by atoms with Crippen LogP contribution >= 0.6 is 0 Å². The predicted octanol–water partition coefficient (Wildman–Crippen LogP) is 4.47. The Kier molecular flexibility index (Phi) is 6.14. The maximum Gasteiger partial charge on any atom is 0.254 e. The third-order valence-electron chi connectivity index (χ3n) is 4.90. The van der Waals surface area contributed by atoms with Crippen molar-refractivity contribution in [2.24, 2.45) is 13.0 Å². The van der Waals surface area contributed by atoms with Crippen molar-refractivity contribution in [1.29, 1.82) is 0 Å². The van der Waals surface area contributed by atoms with E-state index in [0.29, 0.717) is 23.8 Å². The van der Waals surface area contributed by atoms with Gasteiger partial charge in [-0.15, -0.1) is 0 Å². The lowest BCUT2D eigenvalue weighted by molar-refractivity contribution is 0.0687. The van der Waals surface area contributed by atoms with Gasteiger partial charge in [0.05, 0.1) is 6.04 Å². The van der Waals surface area contributed by atoms with E-state index in [1.807, 2.05) is 72.2 Å². The van der Waals surface area contributed by atoms with Crippen molar-refractivity contribution in [3.63, 3.8) is 0 Å². The van der Waals surface area contributed by atoms with E-state index in [2.05, 4.69) is 31.0 Å². The Labute approximate surface area is 166 Å². The standard InChI is InChI=1S/C23H27N3O2/c1-17(2)22(18-8-6-5-7-9-18)26(4)23(27)19-10-12-20(13-11-19)28-16-21-24-14-15-25(21)3/h5-15,17,22H,16H2,1-4H3/t22-/m0/s1. The molecule has 0 bridgehead atoms. The van der Waals surface area contributed by atoms with Crippen molar-refractivity contribution in [3.8, 4) is 5.75 Å².